The van der Waals surface area contributed by atoms with Crippen molar-refractivity contribution in [3.63, 3.8) is 0 Å². The molecule has 1 aliphatic rings. The van der Waals surface area contributed by atoms with Crippen LogP contribution in [-0.2, 0) is 14.8 Å². The number of hydrogen-bond donors (Lipinski definition) is 1. The highest BCUT2D eigenvalue weighted by Crippen LogP contribution is 2.23. The lowest BCUT2D eigenvalue weighted by molar-refractivity contribution is 0.181. The SMILES string of the molecule is Cc1ccc(S(=O)(=O)Nc2ccc(N3CCOC3=O)cc2)cc1. The highest BCUT2D eigenvalue weighted by atomic mass is 32.2. The summed E-state index contributed by atoms with van der Waals surface area (Å²) < 4.78 is 32.0. The monoisotopic (exact) mass is 332 g/mol. The molecule has 0 bridgehead atoms. The van der Waals surface area contributed by atoms with Crippen LogP contribution in [0.1, 0.15) is 5.56 Å². The topological polar surface area (TPSA) is 75.7 Å². The Labute approximate surface area is 134 Å². The van der Waals surface area contributed by atoms with Crippen molar-refractivity contribution in [3.05, 3.63) is 54.1 Å². The molecule has 0 atom stereocenters. The molecular weight excluding hydrogens is 316 g/mol. The summed E-state index contributed by atoms with van der Waals surface area (Å²) in [7, 11) is -3.63. The van der Waals surface area contributed by atoms with Gasteiger partial charge in [-0.3, -0.25) is 9.62 Å². The lowest BCUT2D eigenvalue weighted by atomic mass is 10.2. The summed E-state index contributed by atoms with van der Waals surface area (Å²) in [4.78, 5) is 13.2. The van der Waals surface area contributed by atoms with Crippen molar-refractivity contribution < 1.29 is 17.9 Å². The van der Waals surface area contributed by atoms with Crippen molar-refractivity contribution >= 4 is 27.5 Å². The summed E-state index contributed by atoms with van der Waals surface area (Å²) in [5.74, 6) is 0. The molecule has 1 amide bonds. The molecule has 2 aromatic carbocycles. The molecule has 23 heavy (non-hydrogen) atoms. The number of nitrogens with zero attached hydrogens (tertiary/aromatic N) is 1. The van der Waals surface area contributed by atoms with Crippen LogP contribution in [0.3, 0.4) is 0 Å². The molecule has 1 saturated heterocycles. The average molecular weight is 332 g/mol. The smallest absolute Gasteiger partial charge is 0.414 e. The van der Waals surface area contributed by atoms with Crippen LogP contribution in [0.4, 0.5) is 16.2 Å². The second kappa shape index (κ2) is 5.92. The number of hydrogen-bond acceptors (Lipinski definition) is 4. The van der Waals surface area contributed by atoms with Crippen LogP contribution in [0.15, 0.2) is 53.4 Å². The standard InChI is InChI=1S/C16H16N2O4S/c1-12-2-8-15(9-3-12)23(20,21)17-13-4-6-14(7-5-13)18-10-11-22-16(18)19/h2-9,17H,10-11H2,1H3. The molecule has 1 aliphatic heterocycles. The van der Waals surface area contributed by atoms with E-state index in [1.165, 1.54) is 4.90 Å². The molecule has 2 aromatic rings. The molecule has 7 heteroatoms. The number of benzene rings is 2. The van der Waals surface area contributed by atoms with E-state index in [0.717, 1.165) is 5.56 Å². The van der Waals surface area contributed by atoms with Crippen molar-refractivity contribution in [2.45, 2.75) is 11.8 Å². The molecule has 1 N–H and O–H groups in total. The zero-order valence-corrected chi connectivity index (χ0v) is 13.3. The Kier molecular flexibility index (Phi) is 3.96. The minimum absolute atomic E-state index is 0.204. The molecule has 6 nitrogen and oxygen atoms in total. The van der Waals surface area contributed by atoms with Gasteiger partial charge in [0.2, 0.25) is 0 Å². The molecule has 1 heterocycles. The minimum Gasteiger partial charge on any atom is -0.447 e. The number of nitrogens with one attached hydrogen (secondary N) is 1. The number of anilines is 2. The molecule has 0 unspecified atom stereocenters. The van der Waals surface area contributed by atoms with E-state index in [0.29, 0.717) is 24.5 Å². The van der Waals surface area contributed by atoms with Crippen LogP contribution in [0.5, 0.6) is 0 Å². The second-order valence-electron chi connectivity index (χ2n) is 5.23. The van der Waals surface area contributed by atoms with Crippen LogP contribution in [-0.4, -0.2) is 27.7 Å². The van der Waals surface area contributed by atoms with Crippen molar-refractivity contribution in [1.29, 1.82) is 0 Å². The third kappa shape index (κ3) is 3.29. The fourth-order valence-electron chi connectivity index (χ4n) is 2.27. The van der Waals surface area contributed by atoms with Crippen LogP contribution in [0.2, 0.25) is 0 Å². The van der Waals surface area contributed by atoms with Crippen molar-refractivity contribution in [3.8, 4) is 0 Å². The average Bonchev–Trinajstić information content (AvgIpc) is 2.94. The van der Waals surface area contributed by atoms with E-state index in [1.54, 1.807) is 48.5 Å². The zero-order valence-electron chi connectivity index (χ0n) is 12.5. The molecule has 0 aromatic heterocycles. The molecule has 0 radical (unpaired) electrons. The summed E-state index contributed by atoms with van der Waals surface area (Å²) in [6.07, 6.45) is -0.391. The molecule has 0 aliphatic carbocycles. The van der Waals surface area contributed by atoms with Crippen molar-refractivity contribution in [2.24, 2.45) is 0 Å². The van der Waals surface area contributed by atoms with E-state index in [-0.39, 0.29) is 4.90 Å². The Bertz CT molecular complexity index is 814. The van der Waals surface area contributed by atoms with Crippen molar-refractivity contribution in [1.82, 2.24) is 0 Å². The molecule has 1 fully saturated rings. The van der Waals surface area contributed by atoms with E-state index >= 15 is 0 Å². The van der Waals surface area contributed by atoms with Gasteiger partial charge in [0.25, 0.3) is 10.0 Å². The van der Waals surface area contributed by atoms with Gasteiger partial charge in [-0.05, 0) is 43.3 Å². The highest BCUT2D eigenvalue weighted by Gasteiger charge is 2.23. The van der Waals surface area contributed by atoms with Gasteiger partial charge < -0.3 is 4.74 Å². The minimum atomic E-state index is -3.63. The van der Waals surface area contributed by atoms with Gasteiger partial charge in [0.05, 0.1) is 11.4 Å². The van der Waals surface area contributed by atoms with Gasteiger partial charge in [0.1, 0.15) is 6.61 Å². The molecule has 0 saturated carbocycles. The van der Waals surface area contributed by atoms with Gasteiger partial charge in [-0.25, -0.2) is 13.2 Å². The number of carbonyl (C=O) groups is 1. The van der Waals surface area contributed by atoms with Gasteiger partial charge in [0.15, 0.2) is 0 Å². The van der Waals surface area contributed by atoms with E-state index in [1.807, 2.05) is 6.92 Å². The number of cyclic esters (lactones) is 1. The molecule has 3 rings (SSSR count). The highest BCUT2D eigenvalue weighted by molar-refractivity contribution is 7.92. The summed E-state index contributed by atoms with van der Waals surface area (Å²) in [5, 5.41) is 0. The number of sulfonamides is 1. The number of aryl methyl sites for hydroxylation is 1. The number of ether oxygens (including phenoxy) is 1. The van der Waals surface area contributed by atoms with Crippen molar-refractivity contribution in [2.75, 3.05) is 22.8 Å². The van der Waals surface area contributed by atoms with Crippen LogP contribution >= 0.6 is 0 Å². The van der Waals surface area contributed by atoms with Crippen LogP contribution in [0.25, 0.3) is 0 Å². The first-order valence-electron chi connectivity index (χ1n) is 7.09. The Morgan fingerprint density at radius 1 is 1.04 bits per heavy atom. The first-order chi connectivity index (χ1) is 11.0. The maximum Gasteiger partial charge on any atom is 0.414 e. The van der Waals surface area contributed by atoms with Gasteiger partial charge in [-0.2, -0.15) is 0 Å². The van der Waals surface area contributed by atoms with E-state index in [4.69, 9.17) is 4.74 Å². The normalized spacial score (nSPS) is 14.7. The molecule has 120 valence electrons. The number of carbonyl (C=O) groups excluding carboxylic acids is 1. The molecular formula is C16H16N2O4S. The fourth-order valence-corrected chi connectivity index (χ4v) is 3.33. The zero-order chi connectivity index (χ0) is 16.4. The third-order valence-electron chi connectivity index (χ3n) is 3.52. The quantitative estimate of drug-likeness (QED) is 0.934. The first kappa shape index (κ1) is 15.4. The molecule has 0 spiro atoms. The second-order valence-corrected chi connectivity index (χ2v) is 6.91. The summed E-state index contributed by atoms with van der Waals surface area (Å²) in [5.41, 5.74) is 2.10. The van der Waals surface area contributed by atoms with E-state index < -0.39 is 16.1 Å². The predicted molar refractivity (Wildman–Crippen MR) is 87.1 cm³/mol. The Balaban J connectivity index is 1.77. The maximum atomic E-state index is 12.3. The summed E-state index contributed by atoms with van der Waals surface area (Å²) in [6, 6.07) is 13.2. The number of amides is 1. The van der Waals surface area contributed by atoms with Crippen LogP contribution < -0.4 is 9.62 Å². The first-order valence-corrected chi connectivity index (χ1v) is 8.58. The van der Waals surface area contributed by atoms with Gasteiger partial charge in [0, 0.05) is 11.4 Å². The maximum absolute atomic E-state index is 12.3. The lowest BCUT2D eigenvalue weighted by Crippen LogP contribution is -2.23. The van der Waals surface area contributed by atoms with E-state index in [2.05, 4.69) is 4.72 Å². The van der Waals surface area contributed by atoms with Gasteiger partial charge >= 0.3 is 6.09 Å². The van der Waals surface area contributed by atoms with Gasteiger partial charge in [-0.1, -0.05) is 17.7 Å². The third-order valence-corrected chi connectivity index (χ3v) is 4.92. The Hall–Kier alpha value is -2.54. The summed E-state index contributed by atoms with van der Waals surface area (Å²) >= 11 is 0. The van der Waals surface area contributed by atoms with Crippen LogP contribution in [0, 0.1) is 6.92 Å². The Morgan fingerprint density at radius 3 is 2.26 bits per heavy atom. The summed E-state index contributed by atoms with van der Waals surface area (Å²) in [6.45, 7) is 2.75. The number of rotatable bonds is 4. The fraction of sp³-hybridized carbons (Fsp3) is 0.188. The lowest BCUT2D eigenvalue weighted by Gasteiger charge is -2.14. The van der Waals surface area contributed by atoms with Gasteiger partial charge in [-0.15, -0.1) is 0 Å². The predicted octanol–water partition coefficient (Wildman–Crippen LogP) is 2.75. The largest absolute Gasteiger partial charge is 0.447 e. The van der Waals surface area contributed by atoms with E-state index in [9.17, 15) is 13.2 Å². The Morgan fingerprint density at radius 2 is 1.70 bits per heavy atom.